The van der Waals surface area contributed by atoms with E-state index in [4.69, 9.17) is 23.2 Å². The van der Waals surface area contributed by atoms with Gasteiger partial charge in [-0.15, -0.1) is 0 Å². The minimum atomic E-state index is -0.165. The normalized spacial score (nSPS) is 11.6. The molecule has 0 spiro atoms. The minimum Gasteiger partial charge on any atom is -0.390 e. The van der Waals surface area contributed by atoms with Crippen LogP contribution in [0.2, 0.25) is 10.2 Å². The molecule has 10 heteroatoms. The molecule has 0 saturated heterocycles. The lowest BCUT2D eigenvalue weighted by atomic mass is 9.99. The van der Waals surface area contributed by atoms with E-state index in [9.17, 15) is 9.90 Å². The molecular weight excluding hydrogens is 451 g/mol. The highest BCUT2D eigenvalue weighted by molar-refractivity contribution is 6.32. The number of carbonyl (C=O) groups excluding carboxylic acids is 1. The zero-order valence-electron chi connectivity index (χ0n) is 17.9. The molecule has 32 heavy (non-hydrogen) atoms. The van der Waals surface area contributed by atoms with Gasteiger partial charge in [-0.2, -0.15) is 10.2 Å². The number of ketones is 1. The first-order chi connectivity index (χ1) is 15.3. The summed E-state index contributed by atoms with van der Waals surface area (Å²) in [6.45, 7) is 5.77. The maximum atomic E-state index is 12.9. The Morgan fingerprint density at radius 2 is 1.88 bits per heavy atom. The van der Waals surface area contributed by atoms with Crippen LogP contribution in [0.3, 0.4) is 0 Å². The van der Waals surface area contributed by atoms with Crippen LogP contribution in [0.1, 0.15) is 48.0 Å². The van der Waals surface area contributed by atoms with E-state index in [1.807, 2.05) is 20.8 Å². The van der Waals surface area contributed by atoms with Gasteiger partial charge < -0.3 is 5.11 Å². The summed E-state index contributed by atoms with van der Waals surface area (Å²) in [6.07, 6.45) is 3.74. The summed E-state index contributed by atoms with van der Waals surface area (Å²) < 4.78 is 3.28. The minimum absolute atomic E-state index is 0.00903. The van der Waals surface area contributed by atoms with Gasteiger partial charge in [-0.25, -0.2) is 19.2 Å². The average Bonchev–Trinajstić information content (AvgIpc) is 3.29. The number of hydrogen-bond donors (Lipinski definition) is 1. The quantitative estimate of drug-likeness (QED) is 0.437. The molecule has 0 unspecified atom stereocenters. The molecule has 0 aliphatic carbocycles. The first kappa shape index (κ1) is 22.4. The van der Waals surface area contributed by atoms with E-state index < -0.39 is 0 Å². The maximum Gasteiger partial charge on any atom is 0.172 e. The van der Waals surface area contributed by atoms with Gasteiger partial charge in [-0.3, -0.25) is 4.79 Å². The molecule has 0 bridgehead atoms. The summed E-state index contributed by atoms with van der Waals surface area (Å²) in [5, 5.41) is 18.6. The second-order valence-corrected chi connectivity index (χ2v) is 8.74. The third-order valence-corrected chi connectivity index (χ3v) is 5.55. The van der Waals surface area contributed by atoms with Crippen molar-refractivity contribution in [3.8, 4) is 5.82 Å². The van der Waals surface area contributed by atoms with Crippen LogP contribution in [0.5, 0.6) is 0 Å². The Bertz CT molecular complexity index is 1310. The monoisotopic (exact) mass is 472 g/mol. The number of hydrogen-bond acceptors (Lipinski definition) is 6. The van der Waals surface area contributed by atoms with Crippen LogP contribution in [0.25, 0.3) is 11.5 Å². The van der Waals surface area contributed by atoms with Gasteiger partial charge in [0.2, 0.25) is 0 Å². The van der Waals surface area contributed by atoms with Crippen molar-refractivity contribution in [2.45, 2.75) is 46.1 Å². The lowest BCUT2D eigenvalue weighted by Gasteiger charge is -2.14. The van der Waals surface area contributed by atoms with Crippen LogP contribution in [0, 0.1) is 6.92 Å². The van der Waals surface area contributed by atoms with Crippen LogP contribution < -0.4 is 0 Å². The number of rotatable bonds is 7. The van der Waals surface area contributed by atoms with E-state index >= 15 is 0 Å². The average molecular weight is 473 g/mol. The van der Waals surface area contributed by atoms with Gasteiger partial charge >= 0.3 is 0 Å². The highest BCUT2D eigenvalue weighted by atomic mass is 35.5. The van der Waals surface area contributed by atoms with Crippen molar-refractivity contribution in [2.75, 3.05) is 0 Å². The molecule has 0 aliphatic rings. The number of Topliss-reactive ketones (excluding diaryl/α,β-unsaturated/α-hetero) is 1. The number of carbonyl (C=O) groups is 1. The van der Waals surface area contributed by atoms with E-state index in [1.165, 1.54) is 0 Å². The maximum absolute atomic E-state index is 12.9. The lowest BCUT2D eigenvalue weighted by molar-refractivity contribution is -0.117. The molecule has 4 heterocycles. The van der Waals surface area contributed by atoms with E-state index in [0.717, 1.165) is 17.0 Å². The van der Waals surface area contributed by atoms with E-state index in [0.29, 0.717) is 32.9 Å². The van der Waals surface area contributed by atoms with Crippen molar-refractivity contribution in [3.05, 3.63) is 69.0 Å². The molecule has 0 aliphatic heterocycles. The summed E-state index contributed by atoms with van der Waals surface area (Å²) in [5.74, 6) is 0.595. The number of aliphatic hydroxyl groups is 1. The molecule has 1 N–H and O–H groups in total. The summed E-state index contributed by atoms with van der Waals surface area (Å²) in [4.78, 5) is 21.6. The summed E-state index contributed by atoms with van der Waals surface area (Å²) >= 11 is 12.5. The number of aliphatic hydroxyl groups excluding tert-OH is 1. The first-order valence-electron chi connectivity index (χ1n) is 10.1. The Kier molecular flexibility index (Phi) is 6.28. The standard InChI is InChI=1S/C22H22Cl2N6O2/c1-12(2)21-15(10-25-20-8-19(24)28-30(20)21)7-17(32)5-14-6-18(23)22(26-9-14)29-13(3)4-16(11-31)27-29/h4,6,8-10,12,31H,5,7,11H2,1-3H3. The predicted molar refractivity (Wildman–Crippen MR) is 122 cm³/mol. The Labute approximate surface area is 194 Å². The molecule has 0 fully saturated rings. The Morgan fingerprint density at radius 3 is 2.53 bits per heavy atom. The molecular formula is C22H22Cl2N6O2. The number of aryl methyl sites for hydroxylation is 1. The largest absolute Gasteiger partial charge is 0.390 e. The highest BCUT2D eigenvalue weighted by Gasteiger charge is 2.18. The van der Waals surface area contributed by atoms with Gasteiger partial charge in [0.1, 0.15) is 5.78 Å². The van der Waals surface area contributed by atoms with E-state index in [2.05, 4.69) is 20.2 Å². The molecule has 0 atom stereocenters. The lowest BCUT2D eigenvalue weighted by Crippen LogP contribution is -2.13. The van der Waals surface area contributed by atoms with Crippen LogP contribution >= 0.6 is 23.2 Å². The van der Waals surface area contributed by atoms with Crippen LogP contribution in [-0.4, -0.2) is 40.3 Å². The zero-order valence-corrected chi connectivity index (χ0v) is 19.4. The molecule has 4 aromatic rings. The first-order valence-corrected chi connectivity index (χ1v) is 10.9. The Hall–Kier alpha value is -2.81. The number of nitrogens with zero attached hydrogens (tertiary/aromatic N) is 6. The van der Waals surface area contributed by atoms with Crippen molar-refractivity contribution in [1.82, 2.24) is 29.4 Å². The Morgan fingerprint density at radius 1 is 1.09 bits per heavy atom. The second kappa shape index (κ2) is 8.97. The topological polar surface area (TPSA) is 98.2 Å². The molecule has 4 rings (SSSR count). The van der Waals surface area contributed by atoms with Crippen molar-refractivity contribution < 1.29 is 9.90 Å². The molecule has 4 aromatic heterocycles. The molecule has 0 radical (unpaired) electrons. The van der Waals surface area contributed by atoms with Gasteiger partial charge in [0.15, 0.2) is 16.6 Å². The third-order valence-electron chi connectivity index (χ3n) is 5.09. The summed E-state index contributed by atoms with van der Waals surface area (Å²) in [5.41, 5.74) is 4.42. The highest BCUT2D eigenvalue weighted by Crippen LogP contribution is 2.24. The Balaban J connectivity index is 1.55. The molecule has 0 amide bonds. The predicted octanol–water partition coefficient (Wildman–Crippen LogP) is 3.90. The van der Waals surface area contributed by atoms with Crippen molar-refractivity contribution >= 4 is 34.6 Å². The van der Waals surface area contributed by atoms with Gasteiger partial charge in [0.05, 0.1) is 23.0 Å². The summed E-state index contributed by atoms with van der Waals surface area (Å²) in [7, 11) is 0. The molecule has 0 aromatic carbocycles. The van der Waals surface area contributed by atoms with Crippen LogP contribution in [0.4, 0.5) is 0 Å². The number of aromatic nitrogens is 6. The zero-order chi connectivity index (χ0) is 23.0. The van der Waals surface area contributed by atoms with Gasteiger partial charge in [0.25, 0.3) is 0 Å². The van der Waals surface area contributed by atoms with Gasteiger partial charge in [-0.05, 0) is 36.1 Å². The molecule has 0 saturated carbocycles. The van der Waals surface area contributed by atoms with Crippen molar-refractivity contribution in [3.63, 3.8) is 0 Å². The van der Waals surface area contributed by atoms with Gasteiger partial charge in [-0.1, -0.05) is 37.0 Å². The fourth-order valence-electron chi connectivity index (χ4n) is 3.77. The SMILES string of the molecule is Cc1cc(CO)nn1-c1ncc(CC(=O)Cc2cnc3cc(Cl)nn3c2C(C)C)cc1Cl. The second-order valence-electron chi connectivity index (χ2n) is 7.95. The number of pyridine rings is 1. The van der Waals surface area contributed by atoms with E-state index in [1.54, 1.807) is 39.8 Å². The number of halogens is 2. The van der Waals surface area contributed by atoms with Crippen LogP contribution in [-0.2, 0) is 24.2 Å². The molecule has 8 nitrogen and oxygen atoms in total. The van der Waals surface area contributed by atoms with Crippen molar-refractivity contribution in [2.24, 2.45) is 0 Å². The summed E-state index contributed by atoms with van der Waals surface area (Å²) in [6, 6.07) is 5.18. The fraction of sp³-hybridized carbons (Fsp3) is 0.318. The molecule has 166 valence electrons. The van der Waals surface area contributed by atoms with Crippen molar-refractivity contribution in [1.29, 1.82) is 0 Å². The fourth-order valence-corrected chi connectivity index (χ4v) is 4.21. The van der Waals surface area contributed by atoms with Crippen LogP contribution in [0.15, 0.2) is 30.6 Å². The van der Waals surface area contributed by atoms with Gasteiger partial charge in [0, 0.05) is 37.0 Å². The number of fused-ring (bicyclic) bond motifs is 1. The third kappa shape index (κ3) is 4.39. The smallest absolute Gasteiger partial charge is 0.172 e. The van der Waals surface area contributed by atoms with E-state index in [-0.39, 0.29) is 31.1 Å².